The van der Waals surface area contributed by atoms with E-state index in [-0.39, 0.29) is 24.5 Å². The largest absolute Gasteiger partial charge is 0.465 e. The Kier molecular flexibility index (Phi) is 7.80. The Hall–Kier alpha value is -2.40. The van der Waals surface area contributed by atoms with Gasteiger partial charge in [-0.05, 0) is 20.1 Å². The molecule has 0 aliphatic carbocycles. The highest BCUT2D eigenvalue weighted by Crippen LogP contribution is 2.43. The molecule has 2 heterocycles. The van der Waals surface area contributed by atoms with Gasteiger partial charge in [0.05, 0.1) is 30.0 Å². The fourth-order valence-corrected chi connectivity index (χ4v) is 4.24. The van der Waals surface area contributed by atoms with Crippen LogP contribution in [0.3, 0.4) is 0 Å². The van der Waals surface area contributed by atoms with Crippen LogP contribution in [0.4, 0.5) is 0 Å². The van der Waals surface area contributed by atoms with E-state index in [2.05, 4.69) is 9.97 Å². The molecule has 2 rings (SSSR count). The minimum Gasteiger partial charge on any atom is -0.465 e. The van der Waals surface area contributed by atoms with Crippen molar-refractivity contribution in [3.05, 3.63) is 17.3 Å². The summed E-state index contributed by atoms with van der Waals surface area (Å²) in [6, 6.07) is 0. The van der Waals surface area contributed by atoms with Crippen LogP contribution in [0.5, 0.6) is 0 Å². The van der Waals surface area contributed by atoms with Gasteiger partial charge in [-0.2, -0.15) is 0 Å². The van der Waals surface area contributed by atoms with Crippen LogP contribution in [0.2, 0.25) is 0 Å². The number of hydrogen-bond donors (Lipinski definition) is 0. The Labute approximate surface area is 176 Å². The Morgan fingerprint density at radius 2 is 1.76 bits per heavy atom. The molecule has 0 aromatic carbocycles. The molecular weight excluding hydrogens is 418 g/mol. The van der Waals surface area contributed by atoms with Gasteiger partial charge in [0, 0.05) is 20.0 Å². The monoisotopic (exact) mass is 439 g/mol. The van der Waals surface area contributed by atoms with E-state index >= 15 is 0 Å². The summed E-state index contributed by atoms with van der Waals surface area (Å²) in [6.45, 7) is 5.77. The Morgan fingerprint density at radius 3 is 2.28 bits per heavy atom. The third-order valence-corrected chi connectivity index (χ3v) is 5.53. The zero-order valence-electron chi connectivity index (χ0n) is 16.7. The highest BCUT2D eigenvalue weighted by Gasteiger charge is 2.43. The van der Waals surface area contributed by atoms with E-state index in [1.165, 1.54) is 31.8 Å². The van der Waals surface area contributed by atoms with E-state index in [9.17, 15) is 19.2 Å². The number of carbonyl (C=O) groups excluding carboxylic acids is 4. The summed E-state index contributed by atoms with van der Waals surface area (Å²) in [7, 11) is 0. The van der Waals surface area contributed by atoms with Crippen molar-refractivity contribution in [2.24, 2.45) is 0 Å². The zero-order valence-corrected chi connectivity index (χ0v) is 18.3. The third-order valence-electron chi connectivity index (χ3n) is 3.77. The van der Waals surface area contributed by atoms with Gasteiger partial charge >= 0.3 is 11.9 Å². The maximum atomic E-state index is 12.8. The number of aromatic nitrogens is 2. The van der Waals surface area contributed by atoms with E-state index < -0.39 is 29.0 Å². The molecule has 0 radical (unpaired) electrons. The minimum absolute atomic E-state index is 0.0464. The number of thioether (sulfide) groups is 2. The standard InChI is InChI=1S/C18H21N3O6S2/c1-6-26-16(24)12-13(21(9(3)22)10(4)23)11-8-19-18(28-5)20-15(11)29-14(12)17(25)27-7-2/h8,14H,6-7H2,1-5H3. The molecule has 0 spiro atoms. The van der Waals surface area contributed by atoms with Crippen molar-refractivity contribution in [2.45, 2.75) is 43.1 Å². The molecular formula is C18H21N3O6S2. The van der Waals surface area contributed by atoms with E-state index in [1.54, 1.807) is 20.1 Å². The predicted octanol–water partition coefficient (Wildman–Crippen LogP) is 1.91. The molecule has 1 unspecified atom stereocenters. The lowest BCUT2D eigenvalue weighted by atomic mass is 10.0. The summed E-state index contributed by atoms with van der Waals surface area (Å²) < 4.78 is 10.2. The average molecular weight is 440 g/mol. The van der Waals surface area contributed by atoms with Gasteiger partial charge in [-0.25, -0.2) is 19.7 Å². The van der Waals surface area contributed by atoms with Gasteiger partial charge in [-0.1, -0.05) is 23.5 Å². The predicted molar refractivity (Wildman–Crippen MR) is 107 cm³/mol. The molecule has 11 heteroatoms. The summed E-state index contributed by atoms with van der Waals surface area (Å²) >= 11 is 2.29. The molecule has 9 nitrogen and oxygen atoms in total. The van der Waals surface area contributed by atoms with Gasteiger partial charge in [-0.15, -0.1) is 0 Å². The maximum absolute atomic E-state index is 12.8. The first-order valence-corrected chi connectivity index (χ1v) is 10.8. The van der Waals surface area contributed by atoms with Gasteiger partial charge in [0.1, 0.15) is 10.3 Å². The summed E-state index contributed by atoms with van der Waals surface area (Å²) in [5.41, 5.74) is 0.0957. The lowest BCUT2D eigenvalue weighted by Gasteiger charge is -2.31. The summed E-state index contributed by atoms with van der Waals surface area (Å²) in [6.07, 6.45) is 3.21. The van der Waals surface area contributed by atoms with Gasteiger partial charge in [0.25, 0.3) is 0 Å². The van der Waals surface area contributed by atoms with Crippen LogP contribution in [0, 0.1) is 0 Å². The van der Waals surface area contributed by atoms with Crippen LogP contribution >= 0.6 is 23.5 Å². The third kappa shape index (κ3) is 4.78. The SMILES string of the molecule is CCOC(=O)C1=C(N(C(C)=O)C(C)=O)c2cnc(SC)nc2SC1C(=O)OCC. The van der Waals surface area contributed by atoms with Gasteiger partial charge in [0.15, 0.2) is 5.16 Å². The Morgan fingerprint density at radius 1 is 1.14 bits per heavy atom. The lowest BCUT2D eigenvalue weighted by molar-refractivity contribution is -0.145. The normalized spacial score (nSPS) is 15.4. The number of amides is 2. The first-order chi connectivity index (χ1) is 13.8. The summed E-state index contributed by atoms with van der Waals surface area (Å²) in [5, 5.41) is -0.352. The van der Waals surface area contributed by atoms with E-state index in [4.69, 9.17) is 9.47 Å². The van der Waals surface area contributed by atoms with Crippen molar-refractivity contribution in [1.82, 2.24) is 14.9 Å². The van der Waals surface area contributed by atoms with Crippen LogP contribution in [0.25, 0.3) is 5.70 Å². The number of rotatable bonds is 6. The number of carbonyl (C=O) groups is 4. The minimum atomic E-state index is -1.15. The summed E-state index contributed by atoms with van der Waals surface area (Å²) in [5.74, 6) is -2.76. The molecule has 0 N–H and O–H groups in total. The second-order valence-corrected chi connectivity index (χ2v) is 7.55. The van der Waals surface area contributed by atoms with Crippen LogP contribution in [0.15, 0.2) is 22.0 Å². The van der Waals surface area contributed by atoms with Crippen LogP contribution in [0.1, 0.15) is 33.3 Å². The first kappa shape index (κ1) is 22.9. The number of fused-ring (bicyclic) bond motifs is 1. The topological polar surface area (TPSA) is 116 Å². The van der Waals surface area contributed by atoms with Gasteiger partial charge < -0.3 is 9.47 Å². The highest BCUT2D eigenvalue weighted by atomic mass is 32.2. The van der Waals surface area contributed by atoms with Crippen LogP contribution in [-0.2, 0) is 28.7 Å². The lowest BCUT2D eigenvalue weighted by Crippen LogP contribution is -2.39. The van der Waals surface area contributed by atoms with E-state index in [1.807, 2.05) is 0 Å². The van der Waals surface area contributed by atoms with Gasteiger partial charge in [-0.3, -0.25) is 14.4 Å². The van der Waals surface area contributed by atoms with Crippen LogP contribution in [-0.4, -0.2) is 63.3 Å². The molecule has 1 aromatic heterocycles. The second-order valence-electron chi connectivity index (χ2n) is 5.68. The van der Waals surface area contributed by atoms with Crippen molar-refractivity contribution < 1.29 is 28.7 Å². The van der Waals surface area contributed by atoms with Crippen molar-refractivity contribution in [3.63, 3.8) is 0 Å². The molecule has 0 saturated heterocycles. The number of ether oxygens (including phenoxy) is 2. The van der Waals surface area contributed by atoms with Gasteiger partial charge in [0.2, 0.25) is 11.8 Å². The number of esters is 2. The molecule has 0 fully saturated rings. The fourth-order valence-electron chi connectivity index (χ4n) is 2.72. The molecule has 1 atom stereocenters. The smallest absolute Gasteiger partial charge is 0.337 e. The molecule has 29 heavy (non-hydrogen) atoms. The summed E-state index contributed by atoms with van der Waals surface area (Å²) in [4.78, 5) is 59.5. The van der Waals surface area contributed by atoms with Crippen LogP contribution < -0.4 is 0 Å². The quantitative estimate of drug-likeness (QED) is 0.282. The number of imide groups is 1. The molecule has 0 bridgehead atoms. The maximum Gasteiger partial charge on any atom is 0.337 e. The fraction of sp³-hybridized carbons (Fsp3) is 0.444. The van der Waals surface area contributed by atoms with E-state index in [0.29, 0.717) is 15.7 Å². The van der Waals surface area contributed by atoms with Crippen molar-refractivity contribution in [3.8, 4) is 0 Å². The number of hydrogen-bond acceptors (Lipinski definition) is 10. The molecule has 156 valence electrons. The molecule has 2 amide bonds. The zero-order chi connectivity index (χ0) is 21.7. The number of nitrogens with zero attached hydrogens (tertiary/aromatic N) is 3. The van der Waals surface area contributed by atoms with Crippen molar-refractivity contribution in [2.75, 3.05) is 19.5 Å². The Balaban J connectivity index is 2.86. The molecule has 0 saturated carbocycles. The van der Waals surface area contributed by atoms with E-state index in [0.717, 1.165) is 16.7 Å². The second kappa shape index (κ2) is 9.88. The Bertz CT molecular complexity index is 872. The first-order valence-electron chi connectivity index (χ1n) is 8.73. The molecule has 1 aliphatic rings. The van der Waals surface area contributed by atoms with Crippen molar-refractivity contribution >= 4 is 53.0 Å². The molecule has 1 aromatic rings. The highest BCUT2D eigenvalue weighted by molar-refractivity contribution is 8.01. The van der Waals surface area contributed by atoms with Crippen molar-refractivity contribution in [1.29, 1.82) is 0 Å². The average Bonchev–Trinajstić information content (AvgIpc) is 2.66. The molecule has 1 aliphatic heterocycles.